The van der Waals surface area contributed by atoms with Crippen molar-refractivity contribution in [2.24, 2.45) is 0 Å². The predicted molar refractivity (Wildman–Crippen MR) is 88.1 cm³/mol. The number of benzene rings is 1. The Bertz CT molecular complexity index is 637. The van der Waals surface area contributed by atoms with E-state index in [1.807, 2.05) is 0 Å². The molecule has 1 aromatic heterocycles. The largest absolute Gasteiger partial charge is 0.355 e. The smallest absolute Gasteiger partial charge is 0.234 e. The van der Waals surface area contributed by atoms with Gasteiger partial charge in [0, 0.05) is 32.7 Å². The van der Waals surface area contributed by atoms with Crippen LogP contribution in [0.2, 0.25) is 0 Å². The third-order valence-corrected chi connectivity index (χ3v) is 4.09. The number of amides is 1. The van der Waals surface area contributed by atoms with Crippen molar-refractivity contribution in [3.8, 4) is 0 Å². The highest BCUT2D eigenvalue weighted by Gasteiger charge is 2.20. The van der Waals surface area contributed by atoms with Gasteiger partial charge < -0.3 is 10.2 Å². The van der Waals surface area contributed by atoms with Crippen LogP contribution in [0.1, 0.15) is 5.56 Å². The molecule has 0 atom stereocenters. The molecule has 24 heavy (non-hydrogen) atoms. The first-order valence-corrected chi connectivity index (χ1v) is 8.04. The van der Waals surface area contributed by atoms with Crippen molar-refractivity contribution in [1.29, 1.82) is 0 Å². The van der Waals surface area contributed by atoms with Crippen LogP contribution in [0, 0.1) is 5.82 Å². The van der Waals surface area contributed by atoms with Crippen LogP contribution in [0.5, 0.6) is 0 Å². The molecule has 1 amide bonds. The number of rotatable bonds is 6. The van der Waals surface area contributed by atoms with Crippen LogP contribution in [-0.2, 0) is 11.2 Å². The van der Waals surface area contributed by atoms with Gasteiger partial charge in [-0.25, -0.2) is 9.49 Å². The maximum absolute atomic E-state index is 12.8. The molecule has 128 valence electrons. The highest BCUT2D eigenvalue weighted by molar-refractivity contribution is 5.78. The molecule has 3 rings (SSSR count). The number of carbonyl (C=O) groups is 1. The lowest BCUT2D eigenvalue weighted by Crippen LogP contribution is -2.50. The number of hydrogen-bond acceptors (Lipinski definition) is 5. The topological polar surface area (TPSA) is 77.2 Å². The zero-order valence-corrected chi connectivity index (χ0v) is 13.4. The second-order valence-electron chi connectivity index (χ2n) is 5.80. The summed E-state index contributed by atoms with van der Waals surface area (Å²) >= 11 is 0. The van der Waals surface area contributed by atoms with E-state index >= 15 is 0 Å². The SMILES string of the molecule is O=C(CN1CCN(c2ncn[nH]2)CC1)NCCc1ccc(F)cc1. The summed E-state index contributed by atoms with van der Waals surface area (Å²) in [6.45, 7) is 4.21. The zero-order chi connectivity index (χ0) is 16.8. The van der Waals surface area contributed by atoms with Crippen LogP contribution in [0.3, 0.4) is 0 Å². The minimum absolute atomic E-state index is 0.0187. The second kappa shape index (κ2) is 7.87. The van der Waals surface area contributed by atoms with Gasteiger partial charge in [0.05, 0.1) is 6.54 Å². The first kappa shape index (κ1) is 16.4. The molecule has 1 saturated heterocycles. The molecule has 1 aliphatic heterocycles. The number of nitrogens with one attached hydrogen (secondary N) is 2. The molecule has 0 saturated carbocycles. The standard InChI is InChI=1S/C16H21FN6O/c17-14-3-1-13(2-4-14)5-6-18-15(24)11-22-7-9-23(10-8-22)16-19-12-20-21-16/h1-4,12H,5-11H2,(H,18,24)(H,19,20,21). The van der Waals surface area contributed by atoms with Gasteiger partial charge in [0.25, 0.3) is 0 Å². The fourth-order valence-electron chi connectivity index (χ4n) is 2.73. The van der Waals surface area contributed by atoms with Gasteiger partial charge in [0.15, 0.2) is 0 Å². The molecule has 8 heteroatoms. The molecule has 0 radical (unpaired) electrons. The molecule has 2 heterocycles. The Kier molecular flexibility index (Phi) is 5.37. The molecule has 1 aromatic carbocycles. The number of carbonyl (C=O) groups excluding carboxylic acids is 1. The Morgan fingerprint density at radius 3 is 2.62 bits per heavy atom. The molecule has 1 fully saturated rings. The molecule has 2 aromatic rings. The van der Waals surface area contributed by atoms with E-state index in [0.717, 1.165) is 37.7 Å². The monoisotopic (exact) mass is 332 g/mol. The maximum Gasteiger partial charge on any atom is 0.234 e. The van der Waals surface area contributed by atoms with Crippen molar-refractivity contribution in [2.45, 2.75) is 6.42 Å². The molecule has 1 aliphatic rings. The number of aromatic amines is 1. The highest BCUT2D eigenvalue weighted by Crippen LogP contribution is 2.08. The summed E-state index contributed by atoms with van der Waals surface area (Å²) in [4.78, 5) is 20.4. The number of H-pyrrole nitrogens is 1. The summed E-state index contributed by atoms with van der Waals surface area (Å²) in [7, 11) is 0. The average molecular weight is 332 g/mol. The fraction of sp³-hybridized carbons (Fsp3) is 0.438. The molecule has 7 nitrogen and oxygen atoms in total. The number of piperazine rings is 1. The number of aromatic nitrogens is 3. The predicted octanol–water partition coefficient (Wildman–Crippen LogP) is 0.425. The second-order valence-corrected chi connectivity index (χ2v) is 5.80. The van der Waals surface area contributed by atoms with E-state index in [9.17, 15) is 9.18 Å². The van der Waals surface area contributed by atoms with Crippen LogP contribution in [-0.4, -0.2) is 65.3 Å². The quantitative estimate of drug-likeness (QED) is 0.802. The first-order chi connectivity index (χ1) is 11.7. The van der Waals surface area contributed by atoms with Gasteiger partial charge in [-0.3, -0.25) is 9.69 Å². The fourth-order valence-corrected chi connectivity index (χ4v) is 2.73. The van der Waals surface area contributed by atoms with Crippen LogP contribution in [0.15, 0.2) is 30.6 Å². The third-order valence-electron chi connectivity index (χ3n) is 4.09. The summed E-state index contributed by atoms with van der Waals surface area (Å²) in [6.07, 6.45) is 2.20. The minimum Gasteiger partial charge on any atom is -0.355 e. The van der Waals surface area contributed by atoms with E-state index in [-0.39, 0.29) is 11.7 Å². The third kappa shape index (κ3) is 4.51. The normalized spacial score (nSPS) is 15.5. The number of nitrogens with zero attached hydrogens (tertiary/aromatic N) is 4. The lowest BCUT2D eigenvalue weighted by Gasteiger charge is -2.33. The zero-order valence-electron chi connectivity index (χ0n) is 13.4. The molecule has 0 bridgehead atoms. The van der Waals surface area contributed by atoms with Gasteiger partial charge in [0.2, 0.25) is 11.9 Å². The van der Waals surface area contributed by atoms with E-state index in [4.69, 9.17) is 0 Å². The van der Waals surface area contributed by atoms with Gasteiger partial charge in [0.1, 0.15) is 12.1 Å². The van der Waals surface area contributed by atoms with Crippen LogP contribution >= 0.6 is 0 Å². The van der Waals surface area contributed by atoms with Crippen molar-refractivity contribution in [1.82, 2.24) is 25.4 Å². The van der Waals surface area contributed by atoms with Gasteiger partial charge in [-0.2, -0.15) is 10.1 Å². The number of anilines is 1. The van der Waals surface area contributed by atoms with E-state index in [1.54, 1.807) is 12.1 Å². The van der Waals surface area contributed by atoms with Gasteiger partial charge >= 0.3 is 0 Å². The van der Waals surface area contributed by atoms with E-state index in [0.29, 0.717) is 19.5 Å². The van der Waals surface area contributed by atoms with Crippen LogP contribution in [0.25, 0.3) is 0 Å². The van der Waals surface area contributed by atoms with E-state index < -0.39 is 0 Å². The molecule has 0 unspecified atom stereocenters. The van der Waals surface area contributed by atoms with E-state index in [2.05, 4.69) is 30.3 Å². The Balaban J connectivity index is 1.34. The maximum atomic E-state index is 12.8. The molecular formula is C16H21FN6O. The van der Waals surface area contributed by atoms with Crippen molar-refractivity contribution >= 4 is 11.9 Å². The first-order valence-electron chi connectivity index (χ1n) is 8.04. The summed E-state index contributed by atoms with van der Waals surface area (Å²) in [5.41, 5.74) is 1.01. The summed E-state index contributed by atoms with van der Waals surface area (Å²) in [6, 6.07) is 6.35. The van der Waals surface area contributed by atoms with Crippen LogP contribution in [0.4, 0.5) is 10.3 Å². The summed E-state index contributed by atoms with van der Waals surface area (Å²) < 4.78 is 12.8. The Hall–Kier alpha value is -2.48. The highest BCUT2D eigenvalue weighted by atomic mass is 19.1. The van der Waals surface area contributed by atoms with Gasteiger partial charge in [-0.15, -0.1) is 0 Å². The lowest BCUT2D eigenvalue weighted by atomic mass is 10.1. The van der Waals surface area contributed by atoms with Crippen molar-refractivity contribution in [2.75, 3.05) is 44.2 Å². The Morgan fingerprint density at radius 2 is 1.96 bits per heavy atom. The van der Waals surface area contributed by atoms with Gasteiger partial charge in [-0.1, -0.05) is 12.1 Å². The Labute approximate surface area is 139 Å². The van der Waals surface area contributed by atoms with Crippen molar-refractivity contribution < 1.29 is 9.18 Å². The lowest BCUT2D eigenvalue weighted by molar-refractivity contribution is -0.122. The number of halogens is 1. The number of hydrogen-bond donors (Lipinski definition) is 2. The van der Waals surface area contributed by atoms with Crippen molar-refractivity contribution in [3.63, 3.8) is 0 Å². The van der Waals surface area contributed by atoms with Crippen LogP contribution < -0.4 is 10.2 Å². The summed E-state index contributed by atoms with van der Waals surface area (Å²) in [5.74, 6) is 0.552. The summed E-state index contributed by atoms with van der Waals surface area (Å²) in [5, 5.41) is 9.62. The molecule has 0 spiro atoms. The molecular weight excluding hydrogens is 311 g/mol. The molecule has 0 aliphatic carbocycles. The molecule has 2 N–H and O–H groups in total. The Morgan fingerprint density at radius 1 is 1.21 bits per heavy atom. The minimum atomic E-state index is -0.243. The van der Waals surface area contributed by atoms with E-state index in [1.165, 1.54) is 18.5 Å². The average Bonchev–Trinajstić information content (AvgIpc) is 3.12. The van der Waals surface area contributed by atoms with Gasteiger partial charge in [-0.05, 0) is 24.1 Å². The van der Waals surface area contributed by atoms with Crippen molar-refractivity contribution in [3.05, 3.63) is 42.0 Å².